The van der Waals surface area contributed by atoms with E-state index in [4.69, 9.17) is 4.98 Å². The molecule has 0 N–H and O–H groups in total. The summed E-state index contributed by atoms with van der Waals surface area (Å²) in [6.07, 6.45) is 6.43. The van der Waals surface area contributed by atoms with Crippen LogP contribution in [0.1, 0.15) is 55.1 Å². The fourth-order valence-electron chi connectivity index (χ4n) is 3.73. The maximum absolute atomic E-state index is 4.78. The summed E-state index contributed by atoms with van der Waals surface area (Å²) in [5.41, 5.74) is 1.25. The van der Waals surface area contributed by atoms with Crippen molar-refractivity contribution in [2.45, 2.75) is 52.0 Å². The van der Waals surface area contributed by atoms with Crippen molar-refractivity contribution >= 4 is 5.82 Å². The van der Waals surface area contributed by atoms with Gasteiger partial charge in [-0.15, -0.1) is 10.2 Å². The molecule has 1 unspecified atom stereocenters. The smallest absolute Gasteiger partial charge is 0.146 e. The summed E-state index contributed by atoms with van der Waals surface area (Å²) in [5.74, 6) is 4.46. The first-order valence-electron chi connectivity index (χ1n) is 9.60. The van der Waals surface area contributed by atoms with Crippen LogP contribution in [0.15, 0.2) is 6.20 Å². The minimum atomic E-state index is 0.391. The van der Waals surface area contributed by atoms with E-state index in [1.54, 1.807) is 0 Å². The second kappa shape index (κ2) is 8.12. The van der Waals surface area contributed by atoms with Crippen LogP contribution in [0.25, 0.3) is 0 Å². The lowest BCUT2D eigenvalue weighted by Gasteiger charge is -2.34. The van der Waals surface area contributed by atoms with Crippen LogP contribution in [0.4, 0.5) is 5.82 Å². The topological polar surface area (TPSA) is 63.0 Å². The van der Waals surface area contributed by atoms with Gasteiger partial charge in [-0.05, 0) is 40.3 Å². The first-order chi connectivity index (χ1) is 12.5. The average Bonchev–Trinajstić information content (AvgIpc) is 2.97. The highest BCUT2D eigenvalue weighted by atomic mass is 15.3. The van der Waals surface area contributed by atoms with Crippen LogP contribution >= 0.6 is 0 Å². The Balaban J connectivity index is 1.82. The van der Waals surface area contributed by atoms with Crippen molar-refractivity contribution in [3.8, 4) is 0 Å². The summed E-state index contributed by atoms with van der Waals surface area (Å²) in [6.45, 7) is 6.98. The second-order valence-corrected chi connectivity index (χ2v) is 7.57. The highest BCUT2D eigenvalue weighted by Crippen LogP contribution is 2.30. The molecule has 0 radical (unpaired) electrons. The number of hydrogen-bond acceptors (Lipinski definition) is 6. The first kappa shape index (κ1) is 18.8. The molecule has 2 aromatic heterocycles. The van der Waals surface area contributed by atoms with Crippen molar-refractivity contribution in [3.63, 3.8) is 0 Å². The van der Waals surface area contributed by atoms with E-state index in [0.717, 1.165) is 68.6 Å². The van der Waals surface area contributed by atoms with Gasteiger partial charge in [0.05, 0.1) is 6.54 Å². The first-order valence-corrected chi connectivity index (χ1v) is 9.60. The third kappa shape index (κ3) is 4.03. The zero-order chi connectivity index (χ0) is 18.7. The lowest BCUT2D eigenvalue weighted by atomic mass is 9.96. The molecule has 1 aliphatic heterocycles. The molecule has 7 nitrogen and oxygen atoms in total. The molecule has 0 saturated carbocycles. The second-order valence-electron chi connectivity index (χ2n) is 7.57. The number of anilines is 1. The number of nitrogens with zero attached hydrogens (tertiary/aromatic N) is 7. The maximum Gasteiger partial charge on any atom is 0.146 e. The molecule has 1 fully saturated rings. The largest absolute Gasteiger partial charge is 0.356 e. The number of piperidine rings is 1. The number of aromatic nitrogens is 5. The van der Waals surface area contributed by atoms with E-state index in [9.17, 15) is 0 Å². The highest BCUT2D eigenvalue weighted by Gasteiger charge is 2.28. The summed E-state index contributed by atoms with van der Waals surface area (Å²) >= 11 is 0. The maximum atomic E-state index is 4.78. The van der Waals surface area contributed by atoms with E-state index < -0.39 is 0 Å². The van der Waals surface area contributed by atoms with Gasteiger partial charge in [-0.2, -0.15) is 0 Å². The minimum absolute atomic E-state index is 0.391. The summed E-state index contributed by atoms with van der Waals surface area (Å²) in [7, 11) is 6.21. The number of rotatable bonds is 6. The molecule has 0 amide bonds. The van der Waals surface area contributed by atoms with Gasteiger partial charge >= 0.3 is 0 Å². The van der Waals surface area contributed by atoms with Crippen molar-refractivity contribution in [2.24, 2.45) is 7.05 Å². The molecule has 1 saturated heterocycles. The molecule has 0 aliphatic carbocycles. The summed E-state index contributed by atoms with van der Waals surface area (Å²) in [4.78, 5) is 13.7. The molecule has 142 valence electrons. The van der Waals surface area contributed by atoms with E-state index in [0.29, 0.717) is 5.92 Å². The normalized spacial score (nSPS) is 17.9. The Morgan fingerprint density at radius 2 is 2.08 bits per heavy atom. The summed E-state index contributed by atoms with van der Waals surface area (Å²) in [5, 5.41) is 8.94. The van der Waals surface area contributed by atoms with Gasteiger partial charge in [-0.1, -0.05) is 13.3 Å². The van der Waals surface area contributed by atoms with Crippen molar-refractivity contribution in [3.05, 3.63) is 29.2 Å². The Kier molecular flexibility index (Phi) is 5.86. The quantitative estimate of drug-likeness (QED) is 0.791. The van der Waals surface area contributed by atoms with Gasteiger partial charge in [0.25, 0.3) is 0 Å². The van der Waals surface area contributed by atoms with Crippen LogP contribution in [0, 0.1) is 6.92 Å². The fourth-order valence-corrected chi connectivity index (χ4v) is 3.73. The van der Waals surface area contributed by atoms with Gasteiger partial charge in [-0.3, -0.25) is 0 Å². The van der Waals surface area contributed by atoms with Gasteiger partial charge in [0, 0.05) is 37.8 Å². The van der Waals surface area contributed by atoms with Gasteiger partial charge in [0.2, 0.25) is 0 Å². The average molecular weight is 358 g/mol. The van der Waals surface area contributed by atoms with E-state index >= 15 is 0 Å². The van der Waals surface area contributed by atoms with Crippen LogP contribution in [0.2, 0.25) is 0 Å². The standard InChI is InChI=1S/C19H31N7/c1-6-8-15-11-20-14(2)21-18(15)26-10-7-9-16(12-26)19-23-22-17(25(19)5)13-24(3)4/h11,16H,6-10,12-13H2,1-5H3. The summed E-state index contributed by atoms with van der Waals surface area (Å²) < 4.78 is 2.17. The molecule has 3 rings (SSSR count). The number of aryl methyl sites for hydroxylation is 2. The molecule has 0 spiro atoms. The van der Waals surface area contributed by atoms with Gasteiger partial charge in [-0.25, -0.2) is 9.97 Å². The van der Waals surface area contributed by atoms with Gasteiger partial charge in [0.15, 0.2) is 0 Å². The van der Waals surface area contributed by atoms with Gasteiger partial charge in [0.1, 0.15) is 23.3 Å². The molecule has 0 aromatic carbocycles. The zero-order valence-electron chi connectivity index (χ0n) is 16.7. The Bertz CT molecular complexity index is 737. The Hall–Kier alpha value is -2.02. The van der Waals surface area contributed by atoms with E-state index in [2.05, 4.69) is 57.6 Å². The molecular formula is C19H31N7. The lowest BCUT2D eigenvalue weighted by molar-refractivity contribution is 0.382. The Morgan fingerprint density at radius 1 is 1.27 bits per heavy atom. The van der Waals surface area contributed by atoms with E-state index in [-0.39, 0.29) is 0 Å². The molecular weight excluding hydrogens is 326 g/mol. The molecule has 1 atom stereocenters. The summed E-state index contributed by atoms with van der Waals surface area (Å²) in [6, 6.07) is 0. The van der Waals surface area contributed by atoms with Crippen LogP contribution in [0.5, 0.6) is 0 Å². The van der Waals surface area contributed by atoms with Crippen molar-refractivity contribution in [1.82, 2.24) is 29.6 Å². The van der Waals surface area contributed by atoms with Crippen molar-refractivity contribution in [2.75, 3.05) is 32.1 Å². The van der Waals surface area contributed by atoms with Crippen LogP contribution < -0.4 is 4.90 Å². The molecule has 1 aliphatic rings. The Labute approximate surface area is 156 Å². The highest BCUT2D eigenvalue weighted by molar-refractivity contribution is 5.47. The fraction of sp³-hybridized carbons (Fsp3) is 0.684. The predicted molar refractivity (Wildman–Crippen MR) is 103 cm³/mol. The zero-order valence-corrected chi connectivity index (χ0v) is 16.7. The molecule has 2 aromatic rings. The molecule has 0 bridgehead atoms. The molecule has 3 heterocycles. The van der Waals surface area contributed by atoms with E-state index in [1.165, 1.54) is 5.56 Å². The third-order valence-electron chi connectivity index (χ3n) is 5.02. The number of hydrogen-bond donors (Lipinski definition) is 0. The third-order valence-corrected chi connectivity index (χ3v) is 5.02. The molecule has 7 heteroatoms. The van der Waals surface area contributed by atoms with Crippen molar-refractivity contribution in [1.29, 1.82) is 0 Å². The molecule has 26 heavy (non-hydrogen) atoms. The van der Waals surface area contributed by atoms with Gasteiger partial charge < -0.3 is 14.4 Å². The van der Waals surface area contributed by atoms with Crippen LogP contribution in [-0.2, 0) is 20.0 Å². The van der Waals surface area contributed by atoms with Crippen LogP contribution in [0.3, 0.4) is 0 Å². The Morgan fingerprint density at radius 3 is 2.81 bits per heavy atom. The monoisotopic (exact) mass is 357 g/mol. The lowest BCUT2D eigenvalue weighted by Crippen LogP contribution is -2.36. The van der Waals surface area contributed by atoms with Crippen molar-refractivity contribution < 1.29 is 0 Å². The van der Waals surface area contributed by atoms with E-state index in [1.807, 2.05) is 13.1 Å². The predicted octanol–water partition coefficient (Wildman–Crippen LogP) is 2.31. The van der Waals surface area contributed by atoms with Crippen LogP contribution in [-0.4, -0.2) is 56.8 Å². The minimum Gasteiger partial charge on any atom is -0.356 e. The SMILES string of the molecule is CCCc1cnc(C)nc1N1CCCC(c2nnc(CN(C)C)n2C)C1.